The van der Waals surface area contributed by atoms with Crippen LogP contribution in [0.15, 0.2) is 39.3 Å². The Kier molecular flexibility index (Phi) is 6.14. The van der Waals surface area contributed by atoms with Crippen LogP contribution in [0.4, 0.5) is 14.9 Å². The van der Waals surface area contributed by atoms with Gasteiger partial charge in [-0.2, -0.15) is 0 Å². The van der Waals surface area contributed by atoms with E-state index in [0.29, 0.717) is 12.3 Å². The highest BCUT2D eigenvalue weighted by molar-refractivity contribution is 7.99. The monoisotopic (exact) mass is 407 g/mol. The fourth-order valence-corrected chi connectivity index (χ4v) is 3.21. The number of thiazole rings is 1. The molecule has 0 aliphatic carbocycles. The number of imide groups is 1. The van der Waals surface area contributed by atoms with Gasteiger partial charge in [-0.15, -0.1) is 21.5 Å². The van der Waals surface area contributed by atoms with Gasteiger partial charge < -0.3 is 9.73 Å². The summed E-state index contributed by atoms with van der Waals surface area (Å²) < 4.78 is 18.9. The Balaban J connectivity index is 1.45. The number of nitrogens with zero attached hydrogens (tertiary/aromatic N) is 3. The molecule has 0 saturated carbocycles. The number of aromatic nitrogens is 3. The molecule has 2 N–H and O–H groups in total. The molecule has 0 spiro atoms. The second-order valence-corrected chi connectivity index (χ2v) is 7.26. The molecule has 0 saturated heterocycles. The van der Waals surface area contributed by atoms with E-state index in [0.717, 1.165) is 22.5 Å². The quantitative estimate of drug-likeness (QED) is 0.604. The largest absolute Gasteiger partial charge is 0.416 e. The van der Waals surface area contributed by atoms with Gasteiger partial charge in [-0.3, -0.25) is 10.1 Å². The lowest BCUT2D eigenvalue weighted by molar-refractivity contribution is -0.117. The van der Waals surface area contributed by atoms with Crippen molar-refractivity contribution >= 4 is 40.7 Å². The van der Waals surface area contributed by atoms with E-state index < -0.39 is 17.8 Å². The molecular weight excluding hydrogens is 393 g/mol. The van der Waals surface area contributed by atoms with Gasteiger partial charge in [-0.1, -0.05) is 23.9 Å². The highest BCUT2D eigenvalue weighted by Gasteiger charge is 2.14. The number of aryl methyl sites for hydroxylation is 1. The Morgan fingerprint density at radius 1 is 1.30 bits per heavy atom. The molecule has 0 unspecified atom stereocenters. The highest BCUT2D eigenvalue weighted by atomic mass is 32.2. The first kappa shape index (κ1) is 19.0. The molecule has 0 aliphatic rings. The number of thioether (sulfide) groups is 1. The van der Waals surface area contributed by atoms with Crippen LogP contribution in [0.3, 0.4) is 0 Å². The van der Waals surface area contributed by atoms with Gasteiger partial charge in [-0.25, -0.2) is 14.2 Å². The number of hydrogen-bond acceptors (Lipinski definition) is 8. The van der Waals surface area contributed by atoms with Crippen LogP contribution in [0.5, 0.6) is 0 Å². The second kappa shape index (κ2) is 8.73. The summed E-state index contributed by atoms with van der Waals surface area (Å²) in [6.45, 7) is 1.91. The molecule has 3 amide bonds. The number of benzene rings is 1. The number of amides is 3. The van der Waals surface area contributed by atoms with Crippen molar-refractivity contribution in [2.45, 2.75) is 18.6 Å². The zero-order chi connectivity index (χ0) is 19.2. The van der Waals surface area contributed by atoms with Crippen molar-refractivity contribution in [2.75, 3.05) is 11.1 Å². The number of carbonyl (C=O) groups is 2. The van der Waals surface area contributed by atoms with Gasteiger partial charge >= 0.3 is 6.03 Å². The van der Waals surface area contributed by atoms with Gasteiger partial charge in [0.15, 0.2) is 0 Å². The van der Waals surface area contributed by atoms with Gasteiger partial charge in [-0.05, 0) is 19.1 Å². The molecule has 0 aliphatic heterocycles. The van der Waals surface area contributed by atoms with Crippen molar-refractivity contribution in [2.24, 2.45) is 0 Å². The fourth-order valence-electron chi connectivity index (χ4n) is 2.02. The maximum absolute atomic E-state index is 13.5. The summed E-state index contributed by atoms with van der Waals surface area (Å²) in [6.07, 6.45) is 0.412. The minimum Gasteiger partial charge on any atom is -0.416 e. The lowest BCUT2D eigenvalue weighted by Gasteiger charge is -2.06. The maximum atomic E-state index is 13.5. The maximum Gasteiger partial charge on any atom is 0.325 e. The molecule has 0 atom stereocenters. The number of para-hydroxylation sites is 1. The van der Waals surface area contributed by atoms with Crippen LogP contribution >= 0.6 is 23.1 Å². The number of anilines is 1. The minimum atomic E-state index is -0.823. The van der Waals surface area contributed by atoms with Gasteiger partial charge in [0, 0.05) is 5.38 Å². The molecular formula is C16H14FN5O3S2. The second-order valence-electron chi connectivity index (χ2n) is 5.27. The van der Waals surface area contributed by atoms with Crippen molar-refractivity contribution < 1.29 is 18.4 Å². The van der Waals surface area contributed by atoms with Crippen LogP contribution in [0.25, 0.3) is 0 Å². The lowest BCUT2D eigenvalue weighted by atomic mass is 10.3. The number of carbonyl (C=O) groups excluding carboxylic acids is 2. The Hall–Kier alpha value is -2.79. The Labute approximate surface area is 161 Å². The summed E-state index contributed by atoms with van der Waals surface area (Å²) in [5, 5.41) is 15.2. The number of halogens is 1. The van der Waals surface area contributed by atoms with Gasteiger partial charge in [0.25, 0.3) is 5.22 Å². The summed E-state index contributed by atoms with van der Waals surface area (Å²) in [6, 6.07) is 4.83. The Bertz CT molecular complexity index is 959. The molecule has 2 aromatic heterocycles. The van der Waals surface area contributed by atoms with E-state index in [2.05, 4.69) is 25.8 Å². The predicted octanol–water partition coefficient (Wildman–Crippen LogP) is 3.00. The SMILES string of the molecule is Cc1nc(Cc2nnc(SCC(=O)NC(=O)Nc3ccccc3F)o2)cs1. The van der Waals surface area contributed by atoms with Crippen molar-refractivity contribution in [1.82, 2.24) is 20.5 Å². The van der Waals surface area contributed by atoms with Crippen LogP contribution in [0.2, 0.25) is 0 Å². The van der Waals surface area contributed by atoms with Crippen molar-refractivity contribution in [3.05, 3.63) is 52.1 Å². The summed E-state index contributed by atoms with van der Waals surface area (Å²) >= 11 is 2.52. The van der Waals surface area contributed by atoms with E-state index in [-0.39, 0.29) is 16.7 Å². The summed E-state index contributed by atoms with van der Waals surface area (Å²) in [5.41, 5.74) is 0.814. The van der Waals surface area contributed by atoms with Crippen LogP contribution < -0.4 is 10.6 Å². The summed E-state index contributed by atoms with van der Waals surface area (Å²) in [5.74, 6) is -0.894. The number of rotatable bonds is 6. The van der Waals surface area contributed by atoms with E-state index in [9.17, 15) is 14.0 Å². The Morgan fingerprint density at radius 2 is 2.11 bits per heavy atom. The van der Waals surface area contributed by atoms with Gasteiger partial charge in [0.2, 0.25) is 11.8 Å². The minimum absolute atomic E-state index is 0.0192. The molecule has 140 valence electrons. The van der Waals surface area contributed by atoms with E-state index in [1.165, 1.54) is 29.5 Å². The van der Waals surface area contributed by atoms with Gasteiger partial charge in [0.1, 0.15) is 5.82 Å². The standard InChI is InChI=1S/C16H14FN5O3S2/c1-9-18-10(7-26-9)6-14-21-22-16(25-14)27-8-13(23)20-15(24)19-12-5-3-2-4-11(12)17/h2-5,7H,6,8H2,1H3,(H2,19,20,23,24). The normalized spacial score (nSPS) is 10.6. The smallest absolute Gasteiger partial charge is 0.325 e. The van der Waals surface area contributed by atoms with Crippen molar-refractivity contribution in [3.8, 4) is 0 Å². The van der Waals surface area contributed by atoms with Crippen LogP contribution in [-0.2, 0) is 11.2 Å². The number of urea groups is 1. The molecule has 11 heteroatoms. The van der Waals surface area contributed by atoms with Gasteiger partial charge in [0.05, 0.1) is 28.6 Å². The average Bonchev–Trinajstić information content (AvgIpc) is 3.24. The third-order valence-corrected chi connectivity index (χ3v) is 4.79. The number of nitrogens with one attached hydrogen (secondary N) is 2. The lowest BCUT2D eigenvalue weighted by Crippen LogP contribution is -2.35. The zero-order valence-corrected chi connectivity index (χ0v) is 15.7. The van der Waals surface area contributed by atoms with E-state index in [1.807, 2.05) is 12.3 Å². The highest BCUT2D eigenvalue weighted by Crippen LogP contribution is 2.18. The number of hydrogen-bond donors (Lipinski definition) is 2. The topological polar surface area (TPSA) is 110 Å². The predicted molar refractivity (Wildman–Crippen MR) is 98.2 cm³/mol. The molecule has 0 fully saturated rings. The first-order valence-electron chi connectivity index (χ1n) is 7.71. The van der Waals surface area contributed by atoms with E-state index in [1.54, 1.807) is 6.07 Å². The first-order valence-corrected chi connectivity index (χ1v) is 9.57. The van der Waals surface area contributed by atoms with Crippen molar-refractivity contribution in [1.29, 1.82) is 0 Å². The molecule has 8 nitrogen and oxygen atoms in total. The summed E-state index contributed by atoms with van der Waals surface area (Å²) in [7, 11) is 0. The zero-order valence-electron chi connectivity index (χ0n) is 14.1. The summed E-state index contributed by atoms with van der Waals surface area (Å²) in [4.78, 5) is 27.8. The fraction of sp³-hybridized carbons (Fsp3) is 0.188. The molecule has 3 aromatic rings. The third-order valence-electron chi connectivity index (χ3n) is 3.15. The van der Waals surface area contributed by atoms with Crippen LogP contribution in [-0.4, -0.2) is 32.9 Å². The first-order chi connectivity index (χ1) is 13.0. The van der Waals surface area contributed by atoms with Crippen molar-refractivity contribution in [3.63, 3.8) is 0 Å². The molecule has 27 heavy (non-hydrogen) atoms. The van der Waals surface area contributed by atoms with E-state index >= 15 is 0 Å². The van der Waals surface area contributed by atoms with Crippen LogP contribution in [0, 0.1) is 12.7 Å². The third kappa shape index (κ3) is 5.59. The molecule has 2 heterocycles. The molecule has 1 aromatic carbocycles. The molecule has 0 radical (unpaired) electrons. The molecule has 0 bridgehead atoms. The molecule has 3 rings (SSSR count). The average molecular weight is 407 g/mol. The van der Waals surface area contributed by atoms with E-state index in [4.69, 9.17) is 4.42 Å². The Morgan fingerprint density at radius 3 is 2.85 bits per heavy atom. The van der Waals surface area contributed by atoms with Crippen LogP contribution in [0.1, 0.15) is 16.6 Å².